The molecule has 8 nitrogen and oxygen atoms in total. The molecule has 0 saturated carbocycles. The van der Waals surface area contributed by atoms with Crippen LogP contribution in [-0.4, -0.2) is 45.7 Å². The second kappa shape index (κ2) is 6.80. The van der Waals surface area contributed by atoms with Crippen LogP contribution in [0.25, 0.3) is 0 Å². The molecule has 1 aliphatic rings. The quantitative estimate of drug-likeness (QED) is 0.627. The van der Waals surface area contributed by atoms with E-state index in [4.69, 9.17) is 9.47 Å². The standard InChI is InChI=1S/C15H21N3O5/c1-15(2,3)23-14(19)17-9-6-11(7-10-17)22-13-12(18(20)21)5-4-8-16-13/h4-5,8,11H,6-7,9-10H2,1-3H3. The molecule has 2 rings (SSSR count). The van der Waals surface area contributed by atoms with Gasteiger partial charge in [-0.25, -0.2) is 9.78 Å². The molecule has 0 unspecified atom stereocenters. The highest BCUT2D eigenvalue weighted by atomic mass is 16.6. The van der Waals surface area contributed by atoms with Gasteiger partial charge >= 0.3 is 11.8 Å². The van der Waals surface area contributed by atoms with Crippen LogP contribution < -0.4 is 4.74 Å². The highest BCUT2D eigenvalue weighted by Gasteiger charge is 2.29. The fourth-order valence-corrected chi connectivity index (χ4v) is 2.25. The van der Waals surface area contributed by atoms with E-state index in [-0.39, 0.29) is 23.8 Å². The maximum atomic E-state index is 12.0. The summed E-state index contributed by atoms with van der Waals surface area (Å²) in [6.07, 6.45) is 2.06. The summed E-state index contributed by atoms with van der Waals surface area (Å²) in [6.45, 7) is 6.43. The Kier molecular flexibility index (Phi) is 5.02. The van der Waals surface area contributed by atoms with Crippen LogP contribution in [0.15, 0.2) is 18.3 Å². The maximum Gasteiger partial charge on any atom is 0.410 e. The highest BCUT2D eigenvalue weighted by molar-refractivity contribution is 5.68. The number of nitro groups is 1. The molecule has 0 spiro atoms. The summed E-state index contributed by atoms with van der Waals surface area (Å²) in [5.74, 6) is 0.0215. The number of aromatic nitrogens is 1. The van der Waals surface area contributed by atoms with Gasteiger partial charge in [0.05, 0.1) is 4.92 Å². The molecule has 1 fully saturated rings. The molecule has 0 aromatic carbocycles. The monoisotopic (exact) mass is 323 g/mol. The summed E-state index contributed by atoms with van der Waals surface area (Å²) < 4.78 is 11.0. The molecule has 2 heterocycles. The molecular formula is C15H21N3O5. The molecule has 1 aromatic rings. The molecule has 126 valence electrons. The van der Waals surface area contributed by atoms with E-state index < -0.39 is 10.5 Å². The summed E-state index contributed by atoms with van der Waals surface area (Å²) in [5.41, 5.74) is -0.680. The molecule has 0 radical (unpaired) electrons. The molecule has 1 saturated heterocycles. The molecule has 23 heavy (non-hydrogen) atoms. The van der Waals surface area contributed by atoms with E-state index in [1.165, 1.54) is 18.3 Å². The first kappa shape index (κ1) is 17.0. The predicted octanol–water partition coefficient (Wildman–Crippen LogP) is 2.77. The van der Waals surface area contributed by atoms with E-state index in [1.54, 1.807) is 4.90 Å². The van der Waals surface area contributed by atoms with E-state index in [9.17, 15) is 14.9 Å². The van der Waals surface area contributed by atoms with Crippen molar-refractivity contribution in [1.82, 2.24) is 9.88 Å². The molecule has 0 atom stereocenters. The summed E-state index contributed by atoms with van der Waals surface area (Å²) in [5, 5.41) is 11.0. The Bertz CT molecular complexity index is 577. The van der Waals surface area contributed by atoms with Crippen LogP contribution in [0.2, 0.25) is 0 Å². The van der Waals surface area contributed by atoms with Crippen LogP contribution >= 0.6 is 0 Å². The lowest BCUT2D eigenvalue weighted by Gasteiger charge is -2.33. The van der Waals surface area contributed by atoms with Gasteiger partial charge in [-0.05, 0) is 26.8 Å². The highest BCUT2D eigenvalue weighted by Crippen LogP contribution is 2.26. The van der Waals surface area contributed by atoms with Gasteiger partial charge in [0, 0.05) is 38.2 Å². The van der Waals surface area contributed by atoms with Gasteiger partial charge in [0.2, 0.25) is 0 Å². The number of hydrogen-bond donors (Lipinski definition) is 0. The topological polar surface area (TPSA) is 94.8 Å². The molecule has 1 aliphatic heterocycles. The van der Waals surface area contributed by atoms with Crippen LogP contribution in [0.3, 0.4) is 0 Å². The first-order valence-electron chi connectivity index (χ1n) is 7.50. The number of hydrogen-bond acceptors (Lipinski definition) is 6. The lowest BCUT2D eigenvalue weighted by Crippen LogP contribution is -2.44. The van der Waals surface area contributed by atoms with E-state index in [0.717, 1.165) is 0 Å². The zero-order valence-corrected chi connectivity index (χ0v) is 13.5. The van der Waals surface area contributed by atoms with Crippen molar-refractivity contribution in [1.29, 1.82) is 0 Å². The Morgan fingerprint density at radius 2 is 2.04 bits per heavy atom. The van der Waals surface area contributed by atoms with E-state index in [2.05, 4.69) is 4.98 Å². The number of likely N-dealkylation sites (tertiary alicyclic amines) is 1. The van der Waals surface area contributed by atoms with Crippen LogP contribution in [0, 0.1) is 10.1 Å². The van der Waals surface area contributed by atoms with Crippen LogP contribution in [0.4, 0.5) is 10.5 Å². The number of rotatable bonds is 3. The van der Waals surface area contributed by atoms with Gasteiger partial charge in [0.15, 0.2) is 0 Å². The average Bonchev–Trinajstić information content (AvgIpc) is 2.46. The minimum Gasteiger partial charge on any atom is -0.469 e. The number of carbonyl (C=O) groups excluding carboxylic acids is 1. The van der Waals surface area contributed by atoms with Gasteiger partial charge in [0.25, 0.3) is 5.88 Å². The normalized spacial score (nSPS) is 16.0. The molecule has 8 heteroatoms. The molecule has 1 aromatic heterocycles. The Hall–Kier alpha value is -2.38. The van der Waals surface area contributed by atoms with Gasteiger partial charge in [-0.15, -0.1) is 0 Å². The number of amides is 1. The summed E-state index contributed by atoms with van der Waals surface area (Å²) in [6, 6.07) is 2.86. The third kappa shape index (κ3) is 4.80. The number of ether oxygens (including phenoxy) is 2. The second-order valence-corrected chi connectivity index (χ2v) is 6.37. The Balaban J connectivity index is 1.91. The zero-order chi connectivity index (χ0) is 17.0. The first-order valence-corrected chi connectivity index (χ1v) is 7.50. The SMILES string of the molecule is CC(C)(C)OC(=O)N1CCC(Oc2ncccc2[N+](=O)[O-])CC1. The predicted molar refractivity (Wildman–Crippen MR) is 82.3 cm³/mol. The molecule has 0 bridgehead atoms. The third-order valence-corrected chi connectivity index (χ3v) is 3.32. The lowest BCUT2D eigenvalue weighted by molar-refractivity contribution is -0.386. The molecular weight excluding hydrogens is 302 g/mol. The van der Waals surface area contributed by atoms with Gasteiger partial charge < -0.3 is 14.4 Å². The Labute approximate surface area is 134 Å². The van der Waals surface area contributed by atoms with Crippen molar-refractivity contribution in [3.63, 3.8) is 0 Å². The molecule has 0 aliphatic carbocycles. The second-order valence-electron chi connectivity index (χ2n) is 6.37. The van der Waals surface area contributed by atoms with Crippen molar-refractivity contribution >= 4 is 11.8 Å². The van der Waals surface area contributed by atoms with Crippen molar-refractivity contribution in [2.75, 3.05) is 13.1 Å². The Morgan fingerprint density at radius 3 is 2.61 bits per heavy atom. The number of carbonyl (C=O) groups is 1. The van der Waals surface area contributed by atoms with Gasteiger partial charge in [0.1, 0.15) is 11.7 Å². The van der Waals surface area contributed by atoms with Crippen molar-refractivity contribution in [3.8, 4) is 5.88 Å². The fourth-order valence-electron chi connectivity index (χ4n) is 2.25. The van der Waals surface area contributed by atoms with Gasteiger partial charge in [-0.3, -0.25) is 10.1 Å². The van der Waals surface area contributed by atoms with E-state index >= 15 is 0 Å². The van der Waals surface area contributed by atoms with Crippen molar-refractivity contribution in [2.24, 2.45) is 0 Å². The van der Waals surface area contributed by atoms with Gasteiger partial charge in [-0.2, -0.15) is 0 Å². The summed E-state index contributed by atoms with van der Waals surface area (Å²) in [4.78, 5) is 28.0. The summed E-state index contributed by atoms with van der Waals surface area (Å²) in [7, 11) is 0. The maximum absolute atomic E-state index is 12.0. The van der Waals surface area contributed by atoms with Crippen molar-refractivity contribution in [2.45, 2.75) is 45.3 Å². The smallest absolute Gasteiger partial charge is 0.410 e. The minimum absolute atomic E-state index is 0.0215. The van der Waals surface area contributed by atoms with E-state index in [1.807, 2.05) is 20.8 Å². The van der Waals surface area contributed by atoms with Crippen molar-refractivity contribution < 1.29 is 19.2 Å². The van der Waals surface area contributed by atoms with Gasteiger partial charge in [-0.1, -0.05) is 0 Å². The lowest BCUT2D eigenvalue weighted by atomic mass is 10.1. The van der Waals surface area contributed by atoms with Crippen LogP contribution in [0.5, 0.6) is 5.88 Å². The van der Waals surface area contributed by atoms with Crippen LogP contribution in [0.1, 0.15) is 33.6 Å². The Morgan fingerprint density at radius 1 is 1.39 bits per heavy atom. The number of piperidine rings is 1. The first-order chi connectivity index (χ1) is 10.8. The summed E-state index contributed by atoms with van der Waals surface area (Å²) >= 11 is 0. The number of pyridine rings is 1. The van der Waals surface area contributed by atoms with E-state index in [0.29, 0.717) is 25.9 Å². The van der Waals surface area contributed by atoms with Crippen molar-refractivity contribution in [3.05, 3.63) is 28.4 Å². The fraction of sp³-hybridized carbons (Fsp3) is 0.600. The largest absolute Gasteiger partial charge is 0.469 e. The zero-order valence-electron chi connectivity index (χ0n) is 13.5. The third-order valence-electron chi connectivity index (χ3n) is 3.32. The molecule has 0 N–H and O–H groups in total. The van der Waals surface area contributed by atoms with Crippen LogP contribution in [-0.2, 0) is 4.74 Å². The minimum atomic E-state index is -0.529. The number of nitrogens with zero attached hydrogens (tertiary/aromatic N) is 3. The average molecular weight is 323 g/mol. The molecule has 1 amide bonds.